The summed E-state index contributed by atoms with van der Waals surface area (Å²) in [4.78, 5) is 30.1. The van der Waals surface area contributed by atoms with Gasteiger partial charge in [0.15, 0.2) is 0 Å². The largest absolute Gasteiger partial charge is 0.497 e. The van der Waals surface area contributed by atoms with Crippen molar-refractivity contribution in [2.45, 2.75) is 30.8 Å². The van der Waals surface area contributed by atoms with E-state index < -0.39 is 11.1 Å². The smallest absolute Gasteiger partial charge is 0.338 e. The molecule has 0 fully saturated rings. The van der Waals surface area contributed by atoms with Crippen molar-refractivity contribution in [3.05, 3.63) is 69.3 Å². The molecule has 0 bridgehead atoms. The third-order valence-electron chi connectivity index (χ3n) is 4.89. The van der Waals surface area contributed by atoms with Gasteiger partial charge < -0.3 is 14.3 Å². The molecule has 0 saturated carbocycles. The summed E-state index contributed by atoms with van der Waals surface area (Å²) in [5, 5.41) is 9.24. The fraction of sp³-hybridized carbons (Fsp3) is 0.409. The van der Waals surface area contributed by atoms with Crippen molar-refractivity contribution in [3.8, 4) is 5.75 Å². The van der Waals surface area contributed by atoms with E-state index in [1.165, 1.54) is 10.5 Å². The first-order chi connectivity index (χ1) is 15.0. The normalized spacial score (nSPS) is 13.7. The summed E-state index contributed by atoms with van der Waals surface area (Å²) in [5.41, 5.74) is 2.89. The van der Waals surface area contributed by atoms with Gasteiger partial charge in [0.25, 0.3) is 5.09 Å². The number of fused-ring (bicyclic) bond motifs is 1. The van der Waals surface area contributed by atoms with Gasteiger partial charge in [0, 0.05) is 30.3 Å². The molecule has 8 nitrogen and oxygen atoms in total. The highest BCUT2D eigenvalue weighted by molar-refractivity contribution is 7.99. The van der Waals surface area contributed by atoms with Crippen LogP contribution in [0.5, 0.6) is 5.75 Å². The predicted molar refractivity (Wildman–Crippen MR) is 117 cm³/mol. The first-order valence-electron chi connectivity index (χ1n) is 10.1. The maximum Gasteiger partial charge on any atom is 0.338 e. The number of benzene rings is 2. The highest BCUT2D eigenvalue weighted by Gasteiger charge is 2.16. The number of hydrogen-bond acceptors (Lipinski definition) is 8. The highest BCUT2D eigenvalue weighted by atomic mass is 32.2. The zero-order valence-corrected chi connectivity index (χ0v) is 18.3. The number of hydrogen-bond donors (Lipinski definition) is 0. The predicted octanol–water partition coefficient (Wildman–Crippen LogP) is 3.95. The molecule has 1 aliphatic heterocycles. The summed E-state index contributed by atoms with van der Waals surface area (Å²) in [6.07, 6.45) is 0.965. The molecular formula is C22H26N2O6S. The van der Waals surface area contributed by atoms with Gasteiger partial charge in [-0.1, -0.05) is 12.1 Å². The standard InChI is InChI=1S/C22H26N2O6S/c1-28-20-8-9-21-19(14-20)16-23(10-13-31-21)15-17-4-6-18(7-5-17)22(25)29-11-2-3-12-30-24(26)27/h4-9,14H,2-3,10-13,15-16H2,1H3. The van der Waals surface area contributed by atoms with Crippen molar-refractivity contribution in [1.29, 1.82) is 0 Å². The number of unbranched alkanes of at least 4 members (excludes halogenated alkanes) is 1. The van der Waals surface area contributed by atoms with Crippen LogP contribution in [-0.2, 0) is 22.7 Å². The van der Waals surface area contributed by atoms with Gasteiger partial charge >= 0.3 is 5.97 Å². The van der Waals surface area contributed by atoms with Crippen molar-refractivity contribution in [2.75, 3.05) is 32.6 Å². The fourth-order valence-corrected chi connectivity index (χ4v) is 4.33. The van der Waals surface area contributed by atoms with Gasteiger partial charge in [-0.25, -0.2) is 4.79 Å². The molecule has 3 rings (SSSR count). The van der Waals surface area contributed by atoms with Gasteiger partial charge in [-0.05, 0) is 54.3 Å². The molecule has 166 valence electrons. The van der Waals surface area contributed by atoms with Crippen LogP contribution < -0.4 is 4.74 Å². The first kappa shape index (κ1) is 22.9. The van der Waals surface area contributed by atoms with E-state index in [1.54, 1.807) is 19.2 Å². The molecular weight excluding hydrogens is 420 g/mol. The van der Waals surface area contributed by atoms with Crippen molar-refractivity contribution < 1.29 is 24.2 Å². The van der Waals surface area contributed by atoms with E-state index in [-0.39, 0.29) is 13.2 Å². The molecule has 0 radical (unpaired) electrons. The van der Waals surface area contributed by atoms with Crippen LogP contribution in [0.4, 0.5) is 0 Å². The Bertz CT molecular complexity index is 890. The van der Waals surface area contributed by atoms with E-state index in [0.29, 0.717) is 18.4 Å². The molecule has 0 spiro atoms. The Morgan fingerprint density at radius 1 is 1.16 bits per heavy atom. The van der Waals surface area contributed by atoms with Crippen molar-refractivity contribution in [2.24, 2.45) is 0 Å². The summed E-state index contributed by atoms with van der Waals surface area (Å²) < 4.78 is 10.6. The van der Waals surface area contributed by atoms with Crippen LogP contribution in [0.2, 0.25) is 0 Å². The molecule has 0 aliphatic carbocycles. The molecule has 9 heteroatoms. The Balaban J connectivity index is 1.48. The Hall–Kier alpha value is -2.78. The quantitative estimate of drug-likeness (QED) is 0.235. The lowest BCUT2D eigenvalue weighted by atomic mass is 10.1. The first-order valence-corrected chi connectivity index (χ1v) is 11.1. The summed E-state index contributed by atoms with van der Waals surface area (Å²) in [5.74, 6) is 1.50. The van der Waals surface area contributed by atoms with Gasteiger partial charge in [-0.2, -0.15) is 0 Å². The van der Waals surface area contributed by atoms with Gasteiger partial charge in [0.1, 0.15) is 5.75 Å². The Morgan fingerprint density at radius 2 is 1.94 bits per heavy atom. The molecule has 0 atom stereocenters. The van der Waals surface area contributed by atoms with Crippen molar-refractivity contribution >= 4 is 17.7 Å². The molecule has 0 aromatic heterocycles. The van der Waals surface area contributed by atoms with Gasteiger partial charge in [-0.15, -0.1) is 21.9 Å². The number of thioether (sulfide) groups is 1. The minimum absolute atomic E-state index is 0.00547. The number of esters is 1. The van der Waals surface area contributed by atoms with E-state index >= 15 is 0 Å². The monoisotopic (exact) mass is 446 g/mol. The minimum Gasteiger partial charge on any atom is -0.497 e. The second-order valence-corrected chi connectivity index (χ2v) is 8.27. The Labute approximate surface area is 185 Å². The lowest BCUT2D eigenvalue weighted by molar-refractivity contribution is -0.757. The van der Waals surface area contributed by atoms with Crippen LogP contribution in [0.15, 0.2) is 47.4 Å². The Morgan fingerprint density at radius 3 is 2.68 bits per heavy atom. The third kappa shape index (κ3) is 7.15. The number of nitrogens with zero attached hydrogens (tertiary/aromatic N) is 2. The molecule has 2 aromatic carbocycles. The number of carbonyl (C=O) groups is 1. The van der Waals surface area contributed by atoms with Gasteiger partial charge in [0.2, 0.25) is 0 Å². The minimum atomic E-state index is -0.826. The summed E-state index contributed by atoms with van der Waals surface area (Å²) in [6.45, 7) is 2.83. The van der Waals surface area contributed by atoms with Crippen LogP contribution in [0.3, 0.4) is 0 Å². The second kappa shape index (κ2) is 11.6. The lowest BCUT2D eigenvalue weighted by Crippen LogP contribution is -2.24. The van der Waals surface area contributed by atoms with E-state index in [2.05, 4.69) is 21.9 Å². The van der Waals surface area contributed by atoms with E-state index in [9.17, 15) is 14.9 Å². The van der Waals surface area contributed by atoms with Crippen LogP contribution in [0.25, 0.3) is 0 Å². The number of methoxy groups -OCH3 is 1. The molecule has 31 heavy (non-hydrogen) atoms. The zero-order valence-electron chi connectivity index (χ0n) is 17.5. The number of carbonyl (C=O) groups excluding carboxylic acids is 1. The fourth-order valence-electron chi connectivity index (χ4n) is 3.28. The molecule has 0 saturated heterocycles. The maximum absolute atomic E-state index is 12.1. The second-order valence-electron chi connectivity index (χ2n) is 7.13. The molecule has 0 unspecified atom stereocenters. The molecule has 0 N–H and O–H groups in total. The van der Waals surface area contributed by atoms with Crippen molar-refractivity contribution in [3.63, 3.8) is 0 Å². The van der Waals surface area contributed by atoms with Gasteiger partial charge in [0.05, 0.1) is 25.9 Å². The Kier molecular flexibility index (Phi) is 8.54. The maximum atomic E-state index is 12.1. The average Bonchev–Trinajstić information content (AvgIpc) is 2.97. The number of ether oxygens (including phenoxy) is 2. The summed E-state index contributed by atoms with van der Waals surface area (Å²) in [6, 6.07) is 13.7. The number of rotatable bonds is 10. The summed E-state index contributed by atoms with van der Waals surface area (Å²) in [7, 11) is 1.68. The van der Waals surface area contributed by atoms with Crippen LogP contribution >= 0.6 is 11.8 Å². The summed E-state index contributed by atoms with van der Waals surface area (Å²) >= 11 is 1.86. The third-order valence-corrected chi connectivity index (χ3v) is 5.99. The molecule has 0 amide bonds. The lowest BCUT2D eigenvalue weighted by Gasteiger charge is -2.20. The van der Waals surface area contributed by atoms with Crippen molar-refractivity contribution in [1.82, 2.24) is 4.90 Å². The SMILES string of the molecule is COc1ccc2c(c1)CN(Cc1ccc(C(=O)OCCCCO[N+](=O)[O-])cc1)CCS2. The average molecular weight is 447 g/mol. The molecule has 1 aliphatic rings. The molecule has 1 heterocycles. The molecule has 2 aromatic rings. The van der Waals surface area contributed by atoms with Crippen LogP contribution in [0, 0.1) is 10.1 Å². The zero-order chi connectivity index (χ0) is 22.1. The van der Waals surface area contributed by atoms with E-state index in [0.717, 1.165) is 36.7 Å². The van der Waals surface area contributed by atoms with E-state index in [1.807, 2.05) is 30.0 Å². The highest BCUT2D eigenvalue weighted by Crippen LogP contribution is 2.31. The topological polar surface area (TPSA) is 91.1 Å². The van der Waals surface area contributed by atoms with Crippen LogP contribution in [0.1, 0.15) is 34.3 Å². The van der Waals surface area contributed by atoms with Crippen LogP contribution in [-0.4, -0.2) is 48.6 Å². The van der Waals surface area contributed by atoms with Gasteiger partial charge in [-0.3, -0.25) is 4.90 Å². The van der Waals surface area contributed by atoms with E-state index in [4.69, 9.17) is 9.47 Å².